The predicted octanol–water partition coefficient (Wildman–Crippen LogP) is 5.13. The van der Waals surface area contributed by atoms with Crippen LogP contribution in [0.25, 0.3) is 0 Å². The summed E-state index contributed by atoms with van der Waals surface area (Å²) in [6.45, 7) is -2.88. The van der Waals surface area contributed by atoms with Crippen LogP contribution in [0.5, 0.6) is 5.75 Å². The van der Waals surface area contributed by atoms with Crippen molar-refractivity contribution in [3.63, 3.8) is 0 Å². The number of carbonyl (C=O) groups excluding carboxylic acids is 1. The molecule has 0 atom stereocenters. The van der Waals surface area contributed by atoms with E-state index in [9.17, 15) is 13.6 Å². The highest BCUT2D eigenvalue weighted by atomic mass is 79.9. The molecule has 0 amide bonds. The van der Waals surface area contributed by atoms with E-state index in [0.29, 0.717) is 16.1 Å². The Morgan fingerprint density at radius 3 is 2.43 bits per heavy atom. The fourth-order valence-electron chi connectivity index (χ4n) is 1.76. The van der Waals surface area contributed by atoms with Crippen molar-refractivity contribution in [2.75, 3.05) is 0 Å². The normalized spacial score (nSPS) is 10.7. The standard InChI is InChI=1S/C15H10BrClF2O2/c16-11-4-1-10(13(17)8-11)7-14(20)9-2-5-12(6-3-9)21-15(18)19/h1-6,8,15H,7H2. The maximum Gasteiger partial charge on any atom is 0.387 e. The number of hydrogen-bond acceptors (Lipinski definition) is 2. The molecule has 21 heavy (non-hydrogen) atoms. The van der Waals surface area contributed by atoms with Gasteiger partial charge in [-0.25, -0.2) is 0 Å². The summed E-state index contributed by atoms with van der Waals surface area (Å²) in [4.78, 5) is 12.1. The lowest BCUT2D eigenvalue weighted by Crippen LogP contribution is -2.05. The fourth-order valence-corrected chi connectivity index (χ4v) is 2.50. The average Bonchev–Trinajstić information content (AvgIpc) is 2.42. The number of alkyl halides is 2. The molecule has 2 rings (SSSR count). The summed E-state index contributed by atoms with van der Waals surface area (Å²) in [5.74, 6) is -0.133. The van der Waals surface area contributed by atoms with Gasteiger partial charge in [-0.2, -0.15) is 8.78 Å². The van der Waals surface area contributed by atoms with Gasteiger partial charge in [-0.15, -0.1) is 0 Å². The van der Waals surface area contributed by atoms with E-state index in [1.807, 2.05) is 0 Å². The van der Waals surface area contributed by atoms with Gasteiger partial charge in [0.1, 0.15) is 5.75 Å². The molecule has 0 saturated carbocycles. The third kappa shape index (κ3) is 4.51. The highest BCUT2D eigenvalue weighted by Crippen LogP contribution is 2.23. The van der Waals surface area contributed by atoms with Crippen molar-refractivity contribution in [1.29, 1.82) is 0 Å². The minimum Gasteiger partial charge on any atom is -0.435 e. The van der Waals surface area contributed by atoms with Crippen LogP contribution in [0.15, 0.2) is 46.9 Å². The summed E-state index contributed by atoms with van der Waals surface area (Å²) < 4.78 is 29.1. The molecule has 6 heteroatoms. The Kier molecular flexibility index (Phi) is 5.31. The largest absolute Gasteiger partial charge is 0.435 e. The lowest BCUT2D eigenvalue weighted by molar-refractivity contribution is -0.0498. The lowest BCUT2D eigenvalue weighted by Gasteiger charge is -2.07. The van der Waals surface area contributed by atoms with E-state index in [0.717, 1.165) is 4.47 Å². The van der Waals surface area contributed by atoms with Crippen molar-refractivity contribution >= 4 is 33.3 Å². The van der Waals surface area contributed by atoms with Crippen LogP contribution in [0, 0.1) is 0 Å². The van der Waals surface area contributed by atoms with E-state index in [1.165, 1.54) is 24.3 Å². The van der Waals surface area contributed by atoms with Crippen LogP contribution < -0.4 is 4.74 Å². The number of halogens is 4. The van der Waals surface area contributed by atoms with Gasteiger partial charge in [0.05, 0.1) is 0 Å². The molecule has 0 radical (unpaired) electrons. The molecule has 2 aromatic carbocycles. The van der Waals surface area contributed by atoms with Crippen molar-refractivity contribution in [2.24, 2.45) is 0 Å². The minimum atomic E-state index is -2.88. The number of carbonyl (C=O) groups is 1. The second kappa shape index (κ2) is 7.00. The monoisotopic (exact) mass is 374 g/mol. The molecule has 0 saturated heterocycles. The number of ether oxygens (including phenoxy) is 1. The summed E-state index contributed by atoms with van der Waals surface area (Å²) in [6, 6.07) is 10.8. The molecule has 0 spiro atoms. The zero-order valence-corrected chi connectivity index (χ0v) is 13.0. The summed E-state index contributed by atoms with van der Waals surface area (Å²) >= 11 is 9.35. The molecule has 0 N–H and O–H groups in total. The van der Waals surface area contributed by atoms with Gasteiger partial charge in [-0.3, -0.25) is 4.79 Å². The first-order chi connectivity index (χ1) is 9.95. The van der Waals surface area contributed by atoms with E-state index in [4.69, 9.17) is 11.6 Å². The molecule has 2 nitrogen and oxygen atoms in total. The number of Topliss-reactive ketones (excluding diaryl/α,β-unsaturated/α-hetero) is 1. The molecule has 2 aromatic rings. The Morgan fingerprint density at radius 2 is 1.86 bits per heavy atom. The summed E-state index contributed by atoms with van der Waals surface area (Å²) in [5, 5.41) is 0.496. The maximum atomic E-state index is 12.1. The highest BCUT2D eigenvalue weighted by molar-refractivity contribution is 9.10. The Hall–Kier alpha value is -1.46. The van der Waals surface area contributed by atoms with Gasteiger partial charge in [0.25, 0.3) is 0 Å². The van der Waals surface area contributed by atoms with Gasteiger partial charge in [0.15, 0.2) is 5.78 Å². The number of rotatable bonds is 5. The van der Waals surface area contributed by atoms with Crippen molar-refractivity contribution in [1.82, 2.24) is 0 Å². The minimum absolute atomic E-state index is 0.0169. The summed E-state index contributed by atoms with van der Waals surface area (Å²) in [5.41, 5.74) is 1.12. The van der Waals surface area contributed by atoms with Crippen LogP contribution in [0.1, 0.15) is 15.9 Å². The van der Waals surface area contributed by atoms with Gasteiger partial charge in [0.2, 0.25) is 0 Å². The highest BCUT2D eigenvalue weighted by Gasteiger charge is 2.11. The maximum absolute atomic E-state index is 12.1. The molecular weight excluding hydrogens is 366 g/mol. The van der Waals surface area contributed by atoms with Gasteiger partial charge >= 0.3 is 6.61 Å². The second-order valence-electron chi connectivity index (χ2n) is 4.24. The van der Waals surface area contributed by atoms with E-state index in [-0.39, 0.29) is 18.0 Å². The number of ketones is 1. The van der Waals surface area contributed by atoms with Gasteiger partial charge < -0.3 is 4.74 Å². The third-order valence-corrected chi connectivity index (χ3v) is 3.61. The molecule has 0 aliphatic rings. The van der Waals surface area contributed by atoms with Crippen LogP contribution in [0.4, 0.5) is 8.78 Å². The van der Waals surface area contributed by atoms with Gasteiger partial charge in [-0.05, 0) is 42.0 Å². The molecular formula is C15H10BrClF2O2. The SMILES string of the molecule is O=C(Cc1ccc(Br)cc1Cl)c1ccc(OC(F)F)cc1. The molecule has 0 aliphatic carbocycles. The zero-order chi connectivity index (χ0) is 15.4. The predicted molar refractivity (Wildman–Crippen MR) is 80.3 cm³/mol. The van der Waals surface area contributed by atoms with Crippen LogP contribution in [-0.2, 0) is 6.42 Å². The van der Waals surface area contributed by atoms with Crippen LogP contribution in [0.3, 0.4) is 0 Å². The van der Waals surface area contributed by atoms with Crippen molar-refractivity contribution in [3.8, 4) is 5.75 Å². The van der Waals surface area contributed by atoms with Crippen molar-refractivity contribution in [3.05, 3.63) is 63.1 Å². The Labute approximate surface area is 133 Å². The first-order valence-corrected chi connectivity index (χ1v) is 7.15. The topological polar surface area (TPSA) is 26.3 Å². The van der Waals surface area contributed by atoms with E-state index >= 15 is 0 Å². The van der Waals surface area contributed by atoms with Crippen molar-refractivity contribution in [2.45, 2.75) is 13.0 Å². The molecule has 110 valence electrons. The first-order valence-electron chi connectivity index (χ1n) is 5.97. The van der Waals surface area contributed by atoms with E-state index in [1.54, 1.807) is 18.2 Å². The fraction of sp³-hybridized carbons (Fsp3) is 0.133. The van der Waals surface area contributed by atoms with Gasteiger partial charge in [0, 0.05) is 21.5 Å². The Bertz CT molecular complexity index is 645. The third-order valence-electron chi connectivity index (χ3n) is 2.77. The van der Waals surface area contributed by atoms with Crippen molar-refractivity contribution < 1.29 is 18.3 Å². The molecule has 0 bridgehead atoms. The first kappa shape index (κ1) is 15.9. The summed E-state index contributed by atoms with van der Waals surface area (Å²) in [7, 11) is 0. The second-order valence-corrected chi connectivity index (χ2v) is 5.56. The zero-order valence-electron chi connectivity index (χ0n) is 10.7. The molecule has 0 aliphatic heterocycles. The Morgan fingerprint density at radius 1 is 1.19 bits per heavy atom. The van der Waals surface area contributed by atoms with E-state index in [2.05, 4.69) is 20.7 Å². The quantitative estimate of drug-likeness (QED) is 0.677. The average molecular weight is 376 g/mol. The molecule has 0 fully saturated rings. The lowest BCUT2D eigenvalue weighted by atomic mass is 10.0. The smallest absolute Gasteiger partial charge is 0.387 e. The van der Waals surface area contributed by atoms with Crippen LogP contribution in [-0.4, -0.2) is 12.4 Å². The summed E-state index contributed by atoms with van der Waals surface area (Å²) in [6.07, 6.45) is 0.140. The van der Waals surface area contributed by atoms with Crippen LogP contribution >= 0.6 is 27.5 Å². The van der Waals surface area contributed by atoms with Gasteiger partial charge in [-0.1, -0.05) is 33.6 Å². The number of benzene rings is 2. The molecule has 0 aromatic heterocycles. The number of hydrogen-bond donors (Lipinski definition) is 0. The molecule has 0 unspecified atom stereocenters. The Balaban J connectivity index is 2.09. The van der Waals surface area contributed by atoms with E-state index < -0.39 is 6.61 Å². The van der Waals surface area contributed by atoms with Crippen LogP contribution in [0.2, 0.25) is 5.02 Å². The molecule has 0 heterocycles.